The average Bonchev–Trinajstić information content (AvgIpc) is 3.35. The van der Waals surface area contributed by atoms with E-state index in [1.165, 1.54) is 0 Å². The first-order valence-electron chi connectivity index (χ1n) is 17.4. The van der Waals surface area contributed by atoms with E-state index in [4.69, 9.17) is 5.73 Å². The summed E-state index contributed by atoms with van der Waals surface area (Å²) < 4.78 is 0. The second kappa shape index (κ2) is 20.8. The van der Waals surface area contributed by atoms with Crippen LogP contribution in [0.15, 0.2) is 60.7 Å². The number of amides is 4. The molecule has 0 radical (unpaired) electrons. The van der Waals surface area contributed by atoms with E-state index in [-0.39, 0.29) is 18.2 Å². The molecule has 48 heavy (non-hydrogen) atoms. The molecule has 264 valence electrons. The molecule has 1 saturated heterocycles. The van der Waals surface area contributed by atoms with Gasteiger partial charge in [0.15, 0.2) is 0 Å². The highest BCUT2D eigenvalue weighted by Crippen LogP contribution is 2.14. The predicted molar refractivity (Wildman–Crippen MR) is 194 cm³/mol. The third-order valence-corrected chi connectivity index (χ3v) is 9.31. The van der Waals surface area contributed by atoms with Crippen LogP contribution in [0.25, 0.3) is 0 Å². The molecule has 11 heteroatoms. The number of thioether (sulfide) groups is 1. The fourth-order valence-electron chi connectivity index (χ4n) is 5.69. The van der Waals surface area contributed by atoms with Crippen LogP contribution in [0.3, 0.4) is 0 Å². The lowest BCUT2D eigenvalue weighted by molar-refractivity contribution is -0.138. The van der Waals surface area contributed by atoms with E-state index >= 15 is 0 Å². The second-order valence-electron chi connectivity index (χ2n) is 13.3. The van der Waals surface area contributed by atoms with E-state index in [1.54, 1.807) is 0 Å². The van der Waals surface area contributed by atoms with Crippen molar-refractivity contribution in [3.8, 4) is 0 Å². The molecule has 0 bridgehead atoms. The SMILES string of the molecule is CC(C)C[C@@H](NC(=O)[C@@H](Cc1ccccc1)NC(=O)[C@H](N)Cc1ccccc1)C(=O)N[C@H](CCCNC(C)C)C(=O)N1CCCSCC1. The Hall–Kier alpha value is -3.41. The molecule has 1 aliphatic rings. The maximum absolute atomic E-state index is 13.9. The first-order valence-corrected chi connectivity index (χ1v) is 18.5. The molecule has 2 aromatic rings. The quantitative estimate of drug-likeness (QED) is 0.152. The number of nitrogens with two attached hydrogens (primary N) is 1. The highest BCUT2D eigenvalue weighted by Gasteiger charge is 2.32. The Kier molecular flexibility index (Phi) is 16.9. The van der Waals surface area contributed by atoms with Crippen molar-refractivity contribution in [2.45, 2.75) is 96.4 Å². The summed E-state index contributed by atoms with van der Waals surface area (Å²) in [5.41, 5.74) is 8.05. The van der Waals surface area contributed by atoms with Crippen LogP contribution in [-0.2, 0) is 32.0 Å². The molecule has 0 unspecified atom stereocenters. The van der Waals surface area contributed by atoms with Crippen LogP contribution < -0.4 is 27.0 Å². The number of hydrogen-bond acceptors (Lipinski definition) is 7. The van der Waals surface area contributed by atoms with Gasteiger partial charge >= 0.3 is 0 Å². The average molecular weight is 681 g/mol. The lowest BCUT2D eigenvalue weighted by Gasteiger charge is -2.29. The Morgan fingerprint density at radius 3 is 1.96 bits per heavy atom. The molecule has 0 aromatic heterocycles. The van der Waals surface area contributed by atoms with E-state index in [9.17, 15) is 19.2 Å². The normalized spacial score (nSPS) is 16.0. The summed E-state index contributed by atoms with van der Waals surface area (Å²) in [6, 6.07) is 15.8. The summed E-state index contributed by atoms with van der Waals surface area (Å²) in [5.74, 6) is 0.559. The topological polar surface area (TPSA) is 146 Å². The Bertz CT molecular complexity index is 1270. The zero-order valence-corrected chi connectivity index (χ0v) is 29.9. The number of carbonyl (C=O) groups is 4. The maximum atomic E-state index is 13.9. The number of nitrogens with one attached hydrogen (secondary N) is 4. The number of hydrogen-bond donors (Lipinski definition) is 5. The molecule has 4 amide bonds. The lowest BCUT2D eigenvalue weighted by atomic mass is 9.99. The number of carbonyl (C=O) groups excluding carboxylic acids is 4. The van der Waals surface area contributed by atoms with E-state index in [0.717, 1.165) is 35.6 Å². The van der Waals surface area contributed by atoms with Gasteiger partial charge in [-0.15, -0.1) is 0 Å². The molecule has 6 N–H and O–H groups in total. The van der Waals surface area contributed by atoms with Gasteiger partial charge in [-0.1, -0.05) is 88.4 Å². The van der Waals surface area contributed by atoms with Crippen molar-refractivity contribution in [3.63, 3.8) is 0 Å². The fraction of sp³-hybridized carbons (Fsp3) is 0.568. The molecule has 2 aromatic carbocycles. The van der Waals surface area contributed by atoms with E-state index in [0.29, 0.717) is 44.8 Å². The smallest absolute Gasteiger partial charge is 0.245 e. The molecule has 10 nitrogen and oxygen atoms in total. The first kappa shape index (κ1) is 39.0. The van der Waals surface area contributed by atoms with Crippen molar-refractivity contribution < 1.29 is 19.2 Å². The van der Waals surface area contributed by atoms with E-state index in [2.05, 4.69) is 35.1 Å². The zero-order chi connectivity index (χ0) is 34.9. The molecule has 0 aliphatic carbocycles. The van der Waals surface area contributed by atoms with Gasteiger partial charge in [0.05, 0.1) is 6.04 Å². The summed E-state index contributed by atoms with van der Waals surface area (Å²) in [7, 11) is 0. The van der Waals surface area contributed by atoms with Gasteiger partial charge in [0, 0.05) is 31.3 Å². The Labute approximate surface area is 291 Å². The standard InChI is InChI=1S/C37H56N6O4S/c1-26(2)23-32(35(45)40-31(17-11-18-39-27(3)4)37(47)43-19-12-21-48-22-20-43)42-36(46)33(25-29-15-9-6-10-16-29)41-34(44)30(38)24-28-13-7-5-8-14-28/h5-10,13-16,26-27,30-33,39H,11-12,17-25,38H2,1-4H3,(H,40,45)(H,41,44)(H,42,46)/t30-,31-,32-,33-/m1/s1. The summed E-state index contributed by atoms with van der Waals surface area (Å²) in [6.07, 6.45) is 3.04. The molecule has 0 spiro atoms. The molecule has 1 aliphatic heterocycles. The summed E-state index contributed by atoms with van der Waals surface area (Å²) in [6.45, 7) is 10.2. The van der Waals surface area contributed by atoms with Crippen LogP contribution in [0.5, 0.6) is 0 Å². The molecule has 3 rings (SSSR count). The van der Waals surface area contributed by atoms with Crippen molar-refractivity contribution in [1.82, 2.24) is 26.2 Å². The molecule has 4 atom stereocenters. The highest BCUT2D eigenvalue weighted by molar-refractivity contribution is 7.99. The number of benzene rings is 2. The molecule has 1 heterocycles. The van der Waals surface area contributed by atoms with Gasteiger partial charge < -0.3 is 31.9 Å². The minimum atomic E-state index is -0.960. The molecule has 1 fully saturated rings. The molecular weight excluding hydrogens is 625 g/mol. The highest BCUT2D eigenvalue weighted by atomic mass is 32.2. The summed E-state index contributed by atoms with van der Waals surface area (Å²) >= 11 is 1.84. The van der Waals surface area contributed by atoms with Gasteiger partial charge in [0.1, 0.15) is 18.1 Å². The molecule has 0 saturated carbocycles. The third-order valence-electron chi connectivity index (χ3n) is 8.26. The summed E-state index contributed by atoms with van der Waals surface area (Å²) in [4.78, 5) is 56.7. The Morgan fingerprint density at radius 2 is 1.33 bits per heavy atom. The third kappa shape index (κ3) is 14.0. The van der Waals surface area contributed by atoms with Gasteiger partial charge in [-0.25, -0.2) is 0 Å². The summed E-state index contributed by atoms with van der Waals surface area (Å²) in [5, 5.41) is 12.2. The van der Waals surface area contributed by atoms with Crippen molar-refractivity contribution in [2.24, 2.45) is 11.7 Å². The van der Waals surface area contributed by atoms with Crippen molar-refractivity contribution in [3.05, 3.63) is 71.8 Å². The van der Waals surface area contributed by atoms with Crippen LogP contribution in [0.2, 0.25) is 0 Å². The minimum absolute atomic E-state index is 0.0772. The van der Waals surface area contributed by atoms with Crippen LogP contribution in [0.4, 0.5) is 0 Å². The van der Waals surface area contributed by atoms with Crippen LogP contribution >= 0.6 is 11.8 Å². The molecular formula is C37H56N6O4S. The maximum Gasteiger partial charge on any atom is 0.245 e. The van der Waals surface area contributed by atoms with Gasteiger partial charge in [-0.3, -0.25) is 19.2 Å². The number of nitrogens with zero attached hydrogens (tertiary/aromatic N) is 1. The second-order valence-corrected chi connectivity index (χ2v) is 14.6. The fourth-order valence-corrected chi connectivity index (χ4v) is 6.57. The van der Waals surface area contributed by atoms with Gasteiger partial charge in [-0.2, -0.15) is 11.8 Å². The largest absolute Gasteiger partial charge is 0.343 e. The van der Waals surface area contributed by atoms with Gasteiger partial charge in [0.2, 0.25) is 23.6 Å². The van der Waals surface area contributed by atoms with Crippen molar-refractivity contribution >= 4 is 35.4 Å². The minimum Gasteiger partial charge on any atom is -0.343 e. The monoisotopic (exact) mass is 680 g/mol. The van der Waals surface area contributed by atoms with Crippen LogP contribution in [-0.4, -0.2) is 89.9 Å². The Balaban J connectivity index is 1.77. The van der Waals surface area contributed by atoms with Crippen LogP contribution in [0, 0.1) is 5.92 Å². The predicted octanol–water partition coefficient (Wildman–Crippen LogP) is 3.04. The van der Waals surface area contributed by atoms with Gasteiger partial charge in [0.25, 0.3) is 0 Å². The zero-order valence-electron chi connectivity index (χ0n) is 29.1. The van der Waals surface area contributed by atoms with E-state index < -0.39 is 41.9 Å². The van der Waals surface area contributed by atoms with Crippen molar-refractivity contribution in [1.29, 1.82) is 0 Å². The first-order chi connectivity index (χ1) is 23.0. The Morgan fingerprint density at radius 1 is 0.750 bits per heavy atom. The number of rotatable bonds is 18. The van der Waals surface area contributed by atoms with Crippen LogP contribution in [0.1, 0.15) is 64.5 Å². The van der Waals surface area contributed by atoms with Crippen molar-refractivity contribution in [2.75, 3.05) is 31.1 Å². The van der Waals surface area contributed by atoms with Gasteiger partial charge in [-0.05, 0) is 61.4 Å². The van der Waals surface area contributed by atoms with E-state index in [1.807, 2.05) is 91.2 Å². The lowest BCUT2D eigenvalue weighted by Crippen LogP contribution is -2.58.